The second-order valence-corrected chi connectivity index (χ2v) is 5.18. The van der Waals surface area contributed by atoms with Gasteiger partial charge in [-0.1, -0.05) is 35.0 Å². The number of carbonyl (C=O) groups excluding carboxylic acids is 1. The first-order chi connectivity index (χ1) is 8.59. The van der Waals surface area contributed by atoms with Crippen LogP contribution in [0, 0.1) is 6.92 Å². The minimum atomic E-state index is -0.150. The van der Waals surface area contributed by atoms with Gasteiger partial charge in [0.1, 0.15) is 0 Å². The number of carbonyl (C=O) groups is 1. The Bertz CT molecular complexity index is 566. The Kier molecular flexibility index (Phi) is 3.92. The molecule has 1 aromatic heterocycles. The average molecular weight is 304 g/mol. The van der Waals surface area contributed by atoms with Gasteiger partial charge >= 0.3 is 0 Å². The molecule has 0 aliphatic rings. The number of rotatable bonds is 3. The minimum absolute atomic E-state index is 0.127. The first-order valence-corrected chi connectivity index (χ1v) is 6.59. The van der Waals surface area contributed by atoms with Crippen molar-refractivity contribution in [2.24, 2.45) is 0 Å². The average Bonchev–Trinajstić information content (AvgIpc) is 2.41. The molecule has 2 aromatic rings. The molecule has 1 atom stereocenters. The smallest absolute Gasteiger partial charge is 0.170 e. The van der Waals surface area contributed by atoms with Gasteiger partial charge in [0.25, 0.3) is 0 Å². The first kappa shape index (κ1) is 13.0. The number of halogens is 1. The van der Waals surface area contributed by atoms with Gasteiger partial charge in [0.15, 0.2) is 5.78 Å². The van der Waals surface area contributed by atoms with Crippen LogP contribution in [0.25, 0.3) is 0 Å². The van der Waals surface area contributed by atoms with E-state index in [1.54, 1.807) is 12.4 Å². The molecule has 0 aliphatic carbocycles. The molecule has 0 aliphatic heterocycles. The van der Waals surface area contributed by atoms with Gasteiger partial charge in [0.05, 0.1) is 0 Å². The van der Waals surface area contributed by atoms with Crippen molar-refractivity contribution in [2.45, 2.75) is 19.8 Å². The van der Waals surface area contributed by atoms with Crippen molar-refractivity contribution in [2.75, 3.05) is 0 Å². The quantitative estimate of drug-likeness (QED) is 0.798. The molecule has 92 valence electrons. The van der Waals surface area contributed by atoms with E-state index in [9.17, 15) is 4.79 Å². The molecule has 1 heterocycles. The SMILES string of the molecule is Cc1ccc(C(=O)C(C)c2ccncc2)cc1Br. The van der Waals surface area contributed by atoms with E-state index in [-0.39, 0.29) is 11.7 Å². The van der Waals surface area contributed by atoms with Gasteiger partial charge < -0.3 is 0 Å². The van der Waals surface area contributed by atoms with Gasteiger partial charge in [-0.3, -0.25) is 9.78 Å². The van der Waals surface area contributed by atoms with E-state index < -0.39 is 0 Å². The molecule has 2 rings (SSSR count). The topological polar surface area (TPSA) is 30.0 Å². The summed E-state index contributed by atoms with van der Waals surface area (Å²) in [4.78, 5) is 16.3. The highest BCUT2D eigenvalue weighted by atomic mass is 79.9. The highest BCUT2D eigenvalue weighted by Crippen LogP contribution is 2.23. The summed E-state index contributed by atoms with van der Waals surface area (Å²) < 4.78 is 0.968. The van der Waals surface area contributed by atoms with Crippen LogP contribution < -0.4 is 0 Å². The van der Waals surface area contributed by atoms with E-state index >= 15 is 0 Å². The van der Waals surface area contributed by atoms with Crippen molar-refractivity contribution < 1.29 is 4.79 Å². The number of aromatic nitrogens is 1. The van der Waals surface area contributed by atoms with Gasteiger partial charge in [-0.05, 0) is 36.2 Å². The van der Waals surface area contributed by atoms with E-state index in [0.717, 1.165) is 21.2 Å². The zero-order valence-electron chi connectivity index (χ0n) is 10.4. The highest BCUT2D eigenvalue weighted by Gasteiger charge is 2.17. The molecular formula is C15H14BrNO. The molecule has 3 heteroatoms. The molecule has 0 saturated carbocycles. The Balaban J connectivity index is 2.29. The first-order valence-electron chi connectivity index (χ1n) is 5.80. The molecule has 0 amide bonds. The Hall–Kier alpha value is -1.48. The lowest BCUT2D eigenvalue weighted by Gasteiger charge is -2.11. The number of pyridine rings is 1. The third-order valence-electron chi connectivity index (χ3n) is 3.06. The Morgan fingerprint density at radius 3 is 2.50 bits per heavy atom. The van der Waals surface area contributed by atoms with E-state index in [2.05, 4.69) is 20.9 Å². The predicted molar refractivity (Wildman–Crippen MR) is 75.9 cm³/mol. The molecule has 0 spiro atoms. The lowest BCUT2D eigenvalue weighted by atomic mass is 9.93. The maximum absolute atomic E-state index is 12.4. The number of nitrogens with zero attached hydrogens (tertiary/aromatic N) is 1. The van der Waals surface area contributed by atoms with Crippen LogP contribution in [0.3, 0.4) is 0 Å². The van der Waals surface area contributed by atoms with Crippen LogP contribution >= 0.6 is 15.9 Å². The zero-order valence-corrected chi connectivity index (χ0v) is 11.9. The number of benzene rings is 1. The third kappa shape index (κ3) is 2.67. The minimum Gasteiger partial charge on any atom is -0.294 e. The summed E-state index contributed by atoms with van der Waals surface area (Å²) >= 11 is 3.46. The van der Waals surface area contributed by atoms with Crippen molar-refractivity contribution >= 4 is 21.7 Å². The van der Waals surface area contributed by atoms with Gasteiger partial charge in [-0.15, -0.1) is 0 Å². The van der Waals surface area contributed by atoms with E-state index in [1.807, 2.05) is 44.2 Å². The second kappa shape index (κ2) is 5.44. The standard InChI is InChI=1S/C15H14BrNO/c1-10-3-4-13(9-14(10)16)15(18)11(2)12-5-7-17-8-6-12/h3-9,11H,1-2H3. The van der Waals surface area contributed by atoms with Crippen LogP contribution in [0.5, 0.6) is 0 Å². The van der Waals surface area contributed by atoms with Gasteiger partial charge in [0, 0.05) is 28.3 Å². The van der Waals surface area contributed by atoms with E-state index in [1.165, 1.54) is 0 Å². The van der Waals surface area contributed by atoms with E-state index in [4.69, 9.17) is 0 Å². The summed E-state index contributed by atoms with van der Waals surface area (Å²) in [6.45, 7) is 3.93. The number of aryl methyl sites for hydroxylation is 1. The van der Waals surface area contributed by atoms with Crippen LogP contribution in [-0.2, 0) is 0 Å². The fourth-order valence-corrected chi connectivity index (χ4v) is 2.18. The monoisotopic (exact) mass is 303 g/mol. The number of hydrogen-bond donors (Lipinski definition) is 0. The van der Waals surface area contributed by atoms with Crippen LogP contribution in [0.2, 0.25) is 0 Å². The lowest BCUT2D eigenvalue weighted by Crippen LogP contribution is -2.09. The fourth-order valence-electron chi connectivity index (χ4n) is 1.80. The molecule has 18 heavy (non-hydrogen) atoms. The summed E-state index contributed by atoms with van der Waals surface area (Å²) in [5.41, 5.74) is 2.85. The molecule has 0 N–H and O–H groups in total. The number of ketones is 1. The van der Waals surface area contributed by atoms with Crippen LogP contribution in [0.15, 0.2) is 47.2 Å². The molecule has 0 saturated heterocycles. The molecule has 1 unspecified atom stereocenters. The van der Waals surface area contributed by atoms with Crippen molar-refractivity contribution in [1.82, 2.24) is 4.98 Å². The summed E-state index contributed by atoms with van der Waals surface area (Å²) in [5.74, 6) is -0.0236. The summed E-state index contributed by atoms with van der Waals surface area (Å²) in [5, 5.41) is 0. The Labute approximate surface area is 115 Å². The van der Waals surface area contributed by atoms with Crippen molar-refractivity contribution in [1.29, 1.82) is 0 Å². The van der Waals surface area contributed by atoms with Crippen molar-refractivity contribution in [3.63, 3.8) is 0 Å². The maximum Gasteiger partial charge on any atom is 0.170 e. The van der Waals surface area contributed by atoms with Crippen molar-refractivity contribution in [3.05, 3.63) is 63.9 Å². The lowest BCUT2D eigenvalue weighted by molar-refractivity contribution is 0.0966. The highest BCUT2D eigenvalue weighted by molar-refractivity contribution is 9.10. The molecular weight excluding hydrogens is 290 g/mol. The molecule has 1 aromatic carbocycles. The summed E-state index contributed by atoms with van der Waals surface area (Å²) in [6, 6.07) is 9.48. The second-order valence-electron chi connectivity index (χ2n) is 4.33. The number of Topliss-reactive ketones (excluding diaryl/α,β-unsaturated/α-hetero) is 1. The fraction of sp³-hybridized carbons (Fsp3) is 0.200. The number of hydrogen-bond acceptors (Lipinski definition) is 2. The molecule has 0 bridgehead atoms. The van der Waals surface area contributed by atoms with E-state index in [0.29, 0.717) is 0 Å². The molecule has 0 radical (unpaired) electrons. The van der Waals surface area contributed by atoms with Crippen LogP contribution in [0.1, 0.15) is 34.3 Å². The summed E-state index contributed by atoms with van der Waals surface area (Å²) in [6.07, 6.45) is 3.42. The van der Waals surface area contributed by atoms with Gasteiger partial charge in [-0.25, -0.2) is 0 Å². The third-order valence-corrected chi connectivity index (χ3v) is 3.91. The Morgan fingerprint density at radius 2 is 1.89 bits per heavy atom. The van der Waals surface area contributed by atoms with Crippen LogP contribution in [-0.4, -0.2) is 10.8 Å². The van der Waals surface area contributed by atoms with Gasteiger partial charge in [0.2, 0.25) is 0 Å². The Morgan fingerprint density at radius 1 is 1.22 bits per heavy atom. The maximum atomic E-state index is 12.4. The summed E-state index contributed by atoms with van der Waals surface area (Å²) in [7, 11) is 0. The zero-order chi connectivity index (χ0) is 13.1. The molecule has 2 nitrogen and oxygen atoms in total. The van der Waals surface area contributed by atoms with Gasteiger partial charge in [-0.2, -0.15) is 0 Å². The van der Waals surface area contributed by atoms with Crippen molar-refractivity contribution in [3.8, 4) is 0 Å². The predicted octanol–water partition coefficient (Wildman–Crippen LogP) is 4.14. The van der Waals surface area contributed by atoms with Crippen LogP contribution in [0.4, 0.5) is 0 Å². The molecule has 0 fully saturated rings. The normalized spacial score (nSPS) is 12.2. The largest absolute Gasteiger partial charge is 0.294 e.